The molecular formula is C18H18N2O6S2. The van der Waals surface area contributed by atoms with Crippen LogP contribution in [-0.4, -0.2) is 44.5 Å². The summed E-state index contributed by atoms with van der Waals surface area (Å²) in [4.78, 5) is 24.4. The van der Waals surface area contributed by atoms with E-state index < -0.39 is 11.9 Å². The Hall–Kier alpha value is -2.85. The number of hydrogen-bond acceptors (Lipinski definition) is 8. The van der Waals surface area contributed by atoms with Crippen molar-refractivity contribution >= 4 is 51.3 Å². The molecule has 1 aliphatic heterocycles. The van der Waals surface area contributed by atoms with Crippen LogP contribution in [0.25, 0.3) is 0 Å². The van der Waals surface area contributed by atoms with Crippen molar-refractivity contribution in [1.82, 2.24) is 0 Å². The van der Waals surface area contributed by atoms with E-state index >= 15 is 0 Å². The number of fused-ring (bicyclic) bond motifs is 1. The number of ether oxygens (including phenoxy) is 4. The summed E-state index contributed by atoms with van der Waals surface area (Å²) >= 11 is 6.41. The summed E-state index contributed by atoms with van der Waals surface area (Å²) in [6.07, 6.45) is 0. The molecule has 1 aromatic carbocycles. The molecule has 2 aromatic rings. The van der Waals surface area contributed by atoms with Crippen LogP contribution in [0, 0.1) is 6.92 Å². The fourth-order valence-electron chi connectivity index (χ4n) is 2.62. The molecule has 3 rings (SSSR count). The van der Waals surface area contributed by atoms with Gasteiger partial charge in [0.05, 0.1) is 19.8 Å². The smallest absolute Gasteiger partial charge is 0.348 e. The molecule has 0 bridgehead atoms. The van der Waals surface area contributed by atoms with Crippen molar-refractivity contribution in [2.24, 2.45) is 0 Å². The van der Waals surface area contributed by atoms with Gasteiger partial charge in [-0.15, -0.1) is 11.3 Å². The minimum absolute atomic E-state index is 0.235. The number of methoxy groups -OCH3 is 2. The predicted molar refractivity (Wildman–Crippen MR) is 109 cm³/mol. The van der Waals surface area contributed by atoms with Crippen molar-refractivity contribution in [2.45, 2.75) is 6.92 Å². The Morgan fingerprint density at radius 1 is 1.07 bits per heavy atom. The summed E-state index contributed by atoms with van der Waals surface area (Å²) in [7, 11) is 2.55. The lowest BCUT2D eigenvalue weighted by Gasteiger charge is -2.19. The van der Waals surface area contributed by atoms with Crippen molar-refractivity contribution in [1.29, 1.82) is 0 Å². The first-order chi connectivity index (χ1) is 13.4. The highest BCUT2D eigenvalue weighted by molar-refractivity contribution is 7.80. The lowest BCUT2D eigenvalue weighted by molar-refractivity contribution is 0.0601. The number of thiophene rings is 1. The summed E-state index contributed by atoms with van der Waals surface area (Å²) in [5.41, 5.74) is 1.38. The van der Waals surface area contributed by atoms with Gasteiger partial charge in [-0.05, 0) is 36.8 Å². The summed E-state index contributed by atoms with van der Waals surface area (Å²) in [6, 6.07) is 5.34. The maximum absolute atomic E-state index is 12.2. The SMILES string of the molecule is COC(=O)c1sc(NC(=S)Nc2ccc3c(c2)OCCO3)c(C(=O)OC)c1C. The van der Waals surface area contributed by atoms with Gasteiger partial charge in [-0.3, -0.25) is 0 Å². The molecule has 8 nitrogen and oxygen atoms in total. The molecule has 0 fully saturated rings. The topological polar surface area (TPSA) is 95.1 Å². The van der Waals surface area contributed by atoms with Gasteiger partial charge in [0.25, 0.3) is 0 Å². The van der Waals surface area contributed by atoms with Gasteiger partial charge in [0, 0.05) is 11.8 Å². The van der Waals surface area contributed by atoms with Crippen LogP contribution in [0.15, 0.2) is 18.2 Å². The highest BCUT2D eigenvalue weighted by Gasteiger charge is 2.26. The van der Waals surface area contributed by atoms with Crippen molar-refractivity contribution < 1.29 is 28.5 Å². The van der Waals surface area contributed by atoms with Gasteiger partial charge >= 0.3 is 11.9 Å². The summed E-state index contributed by atoms with van der Waals surface area (Å²) in [5, 5.41) is 6.60. The van der Waals surface area contributed by atoms with E-state index in [9.17, 15) is 9.59 Å². The molecule has 28 heavy (non-hydrogen) atoms. The number of rotatable bonds is 4. The Labute approximate surface area is 170 Å². The monoisotopic (exact) mass is 422 g/mol. The fraction of sp³-hybridized carbons (Fsp3) is 0.278. The summed E-state index contributed by atoms with van der Waals surface area (Å²) < 4.78 is 20.6. The largest absolute Gasteiger partial charge is 0.486 e. The quantitative estimate of drug-likeness (QED) is 0.569. The molecule has 0 spiro atoms. The maximum atomic E-state index is 12.2. The van der Waals surface area contributed by atoms with Gasteiger partial charge in [0.1, 0.15) is 23.1 Å². The number of anilines is 2. The third-order valence-electron chi connectivity index (χ3n) is 3.93. The minimum Gasteiger partial charge on any atom is -0.486 e. The second kappa shape index (κ2) is 8.44. The van der Waals surface area contributed by atoms with Crippen molar-refractivity contribution in [3.8, 4) is 11.5 Å². The van der Waals surface area contributed by atoms with E-state index in [-0.39, 0.29) is 10.7 Å². The molecule has 1 aliphatic rings. The second-order valence-corrected chi connectivity index (χ2v) is 7.11. The number of thiocarbonyl (C=S) groups is 1. The Balaban J connectivity index is 1.81. The van der Waals surface area contributed by atoms with E-state index in [1.54, 1.807) is 25.1 Å². The van der Waals surface area contributed by atoms with Crippen molar-refractivity contribution in [3.05, 3.63) is 34.2 Å². The third-order valence-corrected chi connectivity index (χ3v) is 5.33. The molecule has 0 amide bonds. The molecule has 0 atom stereocenters. The summed E-state index contributed by atoms with van der Waals surface area (Å²) in [6.45, 7) is 2.64. The summed E-state index contributed by atoms with van der Waals surface area (Å²) in [5.74, 6) is 0.175. The zero-order valence-corrected chi connectivity index (χ0v) is 17.0. The van der Waals surface area contributed by atoms with Gasteiger partial charge in [0.2, 0.25) is 0 Å². The first kappa shape index (κ1) is 19.9. The molecule has 0 saturated heterocycles. The number of esters is 2. The Kier molecular flexibility index (Phi) is 6.00. The number of nitrogens with one attached hydrogen (secondary N) is 2. The zero-order valence-electron chi connectivity index (χ0n) is 15.4. The van der Waals surface area contributed by atoms with E-state index in [4.69, 9.17) is 31.2 Å². The van der Waals surface area contributed by atoms with Gasteiger partial charge < -0.3 is 29.6 Å². The normalized spacial score (nSPS) is 12.1. The molecule has 10 heteroatoms. The lowest BCUT2D eigenvalue weighted by atomic mass is 10.1. The van der Waals surface area contributed by atoms with Gasteiger partial charge in [-0.1, -0.05) is 0 Å². The van der Waals surface area contributed by atoms with Crippen LogP contribution in [0.1, 0.15) is 25.6 Å². The first-order valence-electron chi connectivity index (χ1n) is 8.22. The van der Waals surface area contributed by atoms with Gasteiger partial charge in [-0.25, -0.2) is 9.59 Å². The molecule has 2 heterocycles. The van der Waals surface area contributed by atoms with Crippen molar-refractivity contribution in [3.63, 3.8) is 0 Å². The number of hydrogen-bond donors (Lipinski definition) is 2. The van der Waals surface area contributed by atoms with E-state index in [1.807, 2.05) is 0 Å². The van der Waals surface area contributed by atoms with Crippen LogP contribution in [0.4, 0.5) is 10.7 Å². The molecule has 1 aromatic heterocycles. The molecule has 0 aliphatic carbocycles. The van der Waals surface area contributed by atoms with Crippen LogP contribution < -0.4 is 20.1 Å². The maximum Gasteiger partial charge on any atom is 0.348 e. The lowest BCUT2D eigenvalue weighted by Crippen LogP contribution is -2.20. The van der Waals surface area contributed by atoms with Gasteiger partial charge in [-0.2, -0.15) is 0 Å². The average Bonchev–Trinajstić information content (AvgIpc) is 3.02. The van der Waals surface area contributed by atoms with Crippen LogP contribution >= 0.6 is 23.6 Å². The molecule has 0 unspecified atom stereocenters. The van der Waals surface area contributed by atoms with Crippen LogP contribution in [0.3, 0.4) is 0 Å². The van der Waals surface area contributed by atoms with E-state index in [2.05, 4.69) is 10.6 Å². The Morgan fingerprint density at radius 2 is 1.75 bits per heavy atom. The van der Waals surface area contributed by atoms with E-state index in [1.165, 1.54) is 14.2 Å². The number of benzene rings is 1. The third kappa shape index (κ3) is 4.02. The average molecular weight is 422 g/mol. The molecule has 0 saturated carbocycles. The van der Waals surface area contributed by atoms with Gasteiger partial charge in [0.15, 0.2) is 16.6 Å². The highest BCUT2D eigenvalue weighted by Crippen LogP contribution is 2.35. The standard InChI is InChI=1S/C18H18N2O6S2/c1-9-13(16(21)23-2)15(28-14(9)17(22)24-3)20-18(27)19-10-4-5-11-12(8-10)26-7-6-25-11/h4-5,8H,6-7H2,1-3H3,(H2,19,20,27). The Morgan fingerprint density at radius 3 is 2.43 bits per heavy atom. The highest BCUT2D eigenvalue weighted by atomic mass is 32.1. The number of carbonyl (C=O) groups excluding carboxylic acids is 2. The number of carbonyl (C=O) groups is 2. The minimum atomic E-state index is -0.575. The fourth-order valence-corrected chi connectivity index (χ4v) is 4.03. The predicted octanol–water partition coefficient (Wildman–Crippen LogP) is 3.21. The molecular weight excluding hydrogens is 404 g/mol. The van der Waals surface area contributed by atoms with E-state index in [0.29, 0.717) is 45.8 Å². The zero-order chi connectivity index (χ0) is 20.3. The Bertz CT molecular complexity index is 940. The van der Waals surface area contributed by atoms with Crippen LogP contribution in [0.5, 0.6) is 11.5 Å². The molecule has 2 N–H and O–H groups in total. The van der Waals surface area contributed by atoms with Crippen molar-refractivity contribution in [2.75, 3.05) is 38.1 Å². The van der Waals surface area contributed by atoms with E-state index in [0.717, 1.165) is 11.3 Å². The molecule has 0 radical (unpaired) electrons. The first-order valence-corrected chi connectivity index (χ1v) is 9.44. The van der Waals surface area contributed by atoms with Crippen LogP contribution in [0.2, 0.25) is 0 Å². The second-order valence-electron chi connectivity index (χ2n) is 5.68. The molecule has 148 valence electrons. The van der Waals surface area contributed by atoms with Crippen LogP contribution in [-0.2, 0) is 9.47 Å².